The number of rotatable bonds is 21. The molecule has 0 aromatic rings. The van der Waals surface area contributed by atoms with Crippen molar-refractivity contribution in [3.05, 3.63) is 50.6 Å². The third-order valence-electron chi connectivity index (χ3n) is 6.97. The van der Waals surface area contributed by atoms with Crippen LogP contribution in [0.4, 0.5) is 0 Å². The van der Waals surface area contributed by atoms with Gasteiger partial charge in [0.05, 0.1) is 0 Å². The molecule has 0 spiro atoms. The molecule has 0 saturated heterocycles. The molecule has 0 saturated carbocycles. The van der Waals surface area contributed by atoms with E-state index >= 15 is 0 Å². The Morgan fingerprint density at radius 3 is 0.929 bits per heavy atom. The summed E-state index contributed by atoms with van der Waals surface area (Å²) >= 11 is 0. The van der Waals surface area contributed by atoms with E-state index in [1.54, 1.807) is 0 Å². The molecule has 0 unspecified atom stereocenters. The fourth-order valence-corrected chi connectivity index (χ4v) is 4.79. The van der Waals surface area contributed by atoms with E-state index in [0.29, 0.717) is 10.8 Å². The van der Waals surface area contributed by atoms with Gasteiger partial charge >= 0.3 is 0 Å². The minimum Gasteiger partial charge on any atom is -0.103 e. The molecule has 0 nitrogen and oxygen atoms in total. The minimum absolute atomic E-state index is 0.423. The molecule has 0 radical (unpaired) electrons. The van der Waals surface area contributed by atoms with Crippen molar-refractivity contribution in [3.8, 4) is 0 Å². The molecule has 0 aromatic heterocycles. The Balaban J connectivity index is 3.89. The van der Waals surface area contributed by atoms with Crippen LogP contribution in [0.3, 0.4) is 0 Å². The summed E-state index contributed by atoms with van der Waals surface area (Å²) in [6.45, 7) is 20.5. The highest BCUT2D eigenvalue weighted by molar-refractivity contribution is 4.91. The van der Waals surface area contributed by atoms with Crippen LogP contribution in [0.2, 0.25) is 0 Å². The normalized spacial score (nSPS) is 11.9. The number of unbranched alkanes of at least 4 members (excludes halogenated alkanes) is 7. The molecule has 0 bridgehead atoms. The molecular formula is C28H50. The second kappa shape index (κ2) is 16.9. The van der Waals surface area contributed by atoms with Crippen molar-refractivity contribution in [1.82, 2.24) is 0 Å². The van der Waals surface area contributed by atoms with Crippen LogP contribution in [0.5, 0.6) is 0 Å². The molecule has 0 heterocycles. The van der Waals surface area contributed by atoms with E-state index < -0.39 is 0 Å². The van der Waals surface area contributed by atoms with Crippen LogP contribution in [0.1, 0.15) is 117 Å². The Labute approximate surface area is 178 Å². The van der Waals surface area contributed by atoms with Crippen molar-refractivity contribution in [1.29, 1.82) is 0 Å². The highest BCUT2D eigenvalue weighted by Crippen LogP contribution is 2.38. The van der Waals surface area contributed by atoms with Gasteiger partial charge in [0.1, 0.15) is 0 Å². The third kappa shape index (κ3) is 11.1. The number of allylic oxidation sites excluding steroid dienone is 4. The highest BCUT2D eigenvalue weighted by Gasteiger charge is 2.25. The zero-order valence-corrected chi connectivity index (χ0v) is 19.5. The number of hydrogen-bond donors (Lipinski definition) is 0. The van der Waals surface area contributed by atoms with Crippen molar-refractivity contribution in [3.63, 3.8) is 0 Å². The predicted octanol–water partition coefficient (Wildman–Crippen LogP) is 9.98. The van der Waals surface area contributed by atoms with E-state index in [1.165, 1.54) is 77.0 Å². The zero-order chi connectivity index (χ0) is 21.1. The van der Waals surface area contributed by atoms with E-state index in [1.807, 2.05) is 0 Å². The Hall–Kier alpha value is -1.04. The van der Waals surface area contributed by atoms with Crippen LogP contribution in [0.25, 0.3) is 0 Å². The Bertz CT molecular complexity index is 354. The van der Waals surface area contributed by atoms with Gasteiger partial charge in [-0.15, -0.1) is 26.3 Å². The lowest BCUT2D eigenvalue weighted by Crippen LogP contribution is -2.18. The van der Waals surface area contributed by atoms with Crippen molar-refractivity contribution >= 4 is 0 Å². The Morgan fingerprint density at radius 2 is 0.714 bits per heavy atom. The molecule has 28 heavy (non-hydrogen) atoms. The first kappa shape index (κ1) is 27.0. The van der Waals surface area contributed by atoms with Crippen molar-refractivity contribution in [2.24, 2.45) is 10.8 Å². The summed E-state index contributed by atoms with van der Waals surface area (Å²) in [6, 6.07) is 0. The smallest absolute Gasteiger partial charge is 0.0231 e. The van der Waals surface area contributed by atoms with Gasteiger partial charge in [0.15, 0.2) is 0 Å². The number of hydrogen-bond acceptors (Lipinski definition) is 0. The van der Waals surface area contributed by atoms with Gasteiger partial charge in [0.2, 0.25) is 0 Å². The van der Waals surface area contributed by atoms with Gasteiger partial charge in [-0.1, -0.05) is 89.5 Å². The standard InChI is InChI=1S/C28H50/c1-7-21-27(11-5,22-8-2)25-19-17-15-13-14-16-18-20-26-28(12-6,23-9-3)24-10-4/h7-10H,1-4,11-26H2,5-6H3. The quantitative estimate of drug-likeness (QED) is 0.136. The molecule has 0 aromatic carbocycles. The summed E-state index contributed by atoms with van der Waals surface area (Å²) in [4.78, 5) is 0. The highest BCUT2D eigenvalue weighted by atomic mass is 14.3. The average Bonchev–Trinajstić information content (AvgIpc) is 2.69. The molecule has 0 fully saturated rings. The average molecular weight is 387 g/mol. The summed E-state index contributed by atoms with van der Waals surface area (Å²) in [5, 5.41) is 0. The van der Waals surface area contributed by atoms with Crippen molar-refractivity contribution in [2.45, 2.75) is 117 Å². The summed E-state index contributed by atoms with van der Waals surface area (Å²) < 4.78 is 0. The van der Waals surface area contributed by atoms with Gasteiger partial charge in [-0.05, 0) is 62.2 Å². The van der Waals surface area contributed by atoms with E-state index in [0.717, 1.165) is 25.7 Å². The van der Waals surface area contributed by atoms with Gasteiger partial charge in [-0.3, -0.25) is 0 Å². The van der Waals surface area contributed by atoms with Crippen LogP contribution in [0.15, 0.2) is 50.6 Å². The zero-order valence-electron chi connectivity index (χ0n) is 19.5. The summed E-state index contributed by atoms with van der Waals surface area (Å²) in [6.07, 6.45) is 29.1. The SMILES string of the molecule is C=CCC(CC)(CC=C)CCCCCCCCCCC(CC)(CC=C)CC=C. The molecule has 0 heteroatoms. The molecule has 0 N–H and O–H groups in total. The third-order valence-corrected chi connectivity index (χ3v) is 6.97. The van der Waals surface area contributed by atoms with Crippen LogP contribution >= 0.6 is 0 Å². The van der Waals surface area contributed by atoms with E-state index in [4.69, 9.17) is 0 Å². The molecule has 0 rings (SSSR count). The lowest BCUT2D eigenvalue weighted by molar-refractivity contribution is 0.244. The lowest BCUT2D eigenvalue weighted by Gasteiger charge is -2.31. The van der Waals surface area contributed by atoms with Crippen LogP contribution in [-0.4, -0.2) is 0 Å². The predicted molar refractivity (Wildman–Crippen MR) is 131 cm³/mol. The maximum Gasteiger partial charge on any atom is -0.0231 e. The minimum atomic E-state index is 0.423. The van der Waals surface area contributed by atoms with Crippen molar-refractivity contribution in [2.75, 3.05) is 0 Å². The first-order valence-electron chi connectivity index (χ1n) is 12.0. The first-order valence-corrected chi connectivity index (χ1v) is 12.0. The Kier molecular flexibility index (Phi) is 16.2. The van der Waals surface area contributed by atoms with Crippen LogP contribution in [0, 0.1) is 10.8 Å². The van der Waals surface area contributed by atoms with Gasteiger partial charge in [-0.25, -0.2) is 0 Å². The molecular weight excluding hydrogens is 336 g/mol. The summed E-state index contributed by atoms with van der Waals surface area (Å²) in [7, 11) is 0. The topological polar surface area (TPSA) is 0 Å². The molecule has 0 aliphatic rings. The molecule has 0 amide bonds. The van der Waals surface area contributed by atoms with E-state index in [9.17, 15) is 0 Å². The molecule has 0 aliphatic carbocycles. The second-order valence-electron chi connectivity index (χ2n) is 9.01. The lowest BCUT2D eigenvalue weighted by atomic mass is 9.74. The van der Waals surface area contributed by atoms with E-state index in [2.05, 4.69) is 64.5 Å². The molecule has 162 valence electrons. The fourth-order valence-electron chi connectivity index (χ4n) is 4.79. The Morgan fingerprint density at radius 1 is 0.464 bits per heavy atom. The fraction of sp³-hybridized carbons (Fsp3) is 0.714. The maximum atomic E-state index is 3.97. The summed E-state index contributed by atoms with van der Waals surface area (Å²) in [5.41, 5.74) is 0.846. The molecule has 0 atom stereocenters. The van der Waals surface area contributed by atoms with Crippen LogP contribution in [-0.2, 0) is 0 Å². The summed E-state index contributed by atoms with van der Waals surface area (Å²) in [5.74, 6) is 0. The second-order valence-corrected chi connectivity index (χ2v) is 9.01. The first-order chi connectivity index (χ1) is 13.6. The van der Waals surface area contributed by atoms with Gasteiger partial charge in [0, 0.05) is 0 Å². The maximum absolute atomic E-state index is 3.97. The monoisotopic (exact) mass is 386 g/mol. The van der Waals surface area contributed by atoms with Gasteiger partial charge < -0.3 is 0 Å². The van der Waals surface area contributed by atoms with Gasteiger partial charge in [-0.2, -0.15) is 0 Å². The van der Waals surface area contributed by atoms with Gasteiger partial charge in [0.25, 0.3) is 0 Å². The van der Waals surface area contributed by atoms with E-state index in [-0.39, 0.29) is 0 Å². The molecule has 0 aliphatic heterocycles. The van der Waals surface area contributed by atoms with Crippen molar-refractivity contribution < 1.29 is 0 Å². The largest absolute Gasteiger partial charge is 0.103 e. The van der Waals surface area contributed by atoms with Crippen LogP contribution < -0.4 is 0 Å².